The molecule has 1 amide bonds. The van der Waals surface area contributed by atoms with E-state index in [1.54, 1.807) is 0 Å². The minimum atomic E-state index is -0.155. The van der Waals surface area contributed by atoms with Gasteiger partial charge in [-0.1, -0.05) is 35.9 Å². The molecule has 4 aromatic rings. The van der Waals surface area contributed by atoms with E-state index in [1.165, 1.54) is 0 Å². The summed E-state index contributed by atoms with van der Waals surface area (Å²) < 4.78 is 2.72. The van der Waals surface area contributed by atoms with Gasteiger partial charge in [0.05, 0.1) is 16.7 Å². The minimum Gasteiger partial charge on any atom is -0.331 e. The molecule has 1 heterocycles. The number of aryl methyl sites for hydroxylation is 1. The van der Waals surface area contributed by atoms with Crippen LogP contribution in [-0.4, -0.2) is 10.5 Å². The van der Waals surface area contributed by atoms with Crippen molar-refractivity contribution in [3.8, 4) is 0 Å². The number of nitrogens with zero attached hydrogens (tertiary/aromatic N) is 1. The number of aromatic nitrogens is 1. The average Bonchev–Trinajstić information content (AvgIpc) is 2.67. The van der Waals surface area contributed by atoms with Crippen molar-refractivity contribution in [1.82, 2.24) is 4.57 Å². The van der Waals surface area contributed by atoms with Crippen LogP contribution in [0.25, 0.3) is 21.8 Å². The first-order valence-electron chi connectivity index (χ1n) is 8.61. The molecule has 0 unspecified atom stereocenters. The molecular weight excluding hydrogens is 404 g/mol. The first-order chi connectivity index (χ1) is 13.0. The van der Waals surface area contributed by atoms with Crippen LogP contribution in [0.3, 0.4) is 0 Å². The summed E-state index contributed by atoms with van der Waals surface area (Å²) in [6.45, 7) is 2.07. The van der Waals surface area contributed by atoms with Gasteiger partial charge in [0.25, 0.3) is 0 Å². The molecule has 0 saturated carbocycles. The molecule has 0 saturated heterocycles. The van der Waals surface area contributed by atoms with Crippen LogP contribution in [0.15, 0.2) is 76.0 Å². The maximum Gasteiger partial charge on any atom is 0.244 e. The summed E-state index contributed by atoms with van der Waals surface area (Å²) in [4.78, 5) is 25.6. The summed E-state index contributed by atoms with van der Waals surface area (Å²) in [5.74, 6) is -0.155. The highest BCUT2D eigenvalue weighted by molar-refractivity contribution is 9.10. The molecule has 5 heteroatoms. The molecule has 0 atom stereocenters. The van der Waals surface area contributed by atoms with Crippen molar-refractivity contribution >= 4 is 49.3 Å². The Hall–Kier alpha value is -2.92. The largest absolute Gasteiger partial charge is 0.331 e. The van der Waals surface area contributed by atoms with Crippen molar-refractivity contribution in [2.45, 2.75) is 13.5 Å². The highest BCUT2D eigenvalue weighted by atomic mass is 79.9. The van der Waals surface area contributed by atoms with Crippen molar-refractivity contribution in [1.29, 1.82) is 0 Å². The third-order valence-corrected chi connectivity index (χ3v) is 5.27. The van der Waals surface area contributed by atoms with E-state index in [0.29, 0.717) is 16.5 Å². The second kappa shape index (κ2) is 7.00. The molecule has 134 valence electrons. The highest BCUT2D eigenvalue weighted by Crippen LogP contribution is 2.23. The molecule has 0 bridgehead atoms. The van der Waals surface area contributed by atoms with Crippen LogP contribution in [0.1, 0.15) is 5.56 Å². The number of pyridine rings is 1. The maximum absolute atomic E-state index is 12.9. The highest BCUT2D eigenvalue weighted by Gasteiger charge is 2.14. The fourth-order valence-electron chi connectivity index (χ4n) is 3.31. The summed E-state index contributed by atoms with van der Waals surface area (Å²) >= 11 is 3.44. The van der Waals surface area contributed by atoms with Crippen LogP contribution >= 0.6 is 15.9 Å². The van der Waals surface area contributed by atoms with Gasteiger partial charge in [-0.3, -0.25) is 9.59 Å². The van der Waals surface area contributed by atoms with Gasteiger partial charge in [-0.2, -0.15) is 0 Å². The summed E-state index contributed by atoms with van der Waals surface area (Å²) in [7, 11) is 0. The number of anilines is 1. The zero-order valence-electron chi connectivity index (χ0n) is 14.7. The van der Waals surface area contributed by atoms with Gasteiger partial charge in [-0.15, -0.1) is 0 Å². The molecule has 1 aromatic heterocycles. The molecule has 0 fully saturated rings. The first kappa shape index (κ1) is 17.5. The van der Waals surface area contributed by atoms with Crippen molar-refractivity contribution in [2.75, 3.05) is 5.32 Å². The SMILES string of the molecule is Cc1ccc2c(c1)c(=O)c1ccccc1n2CC(=O)Nc1ccccc1Br. The Kier molecular flexibility index (Phi) is 4.54. The minimum absolute atomic E-state index is 0.00763. The van der Waals surface area contributed by atoms with Crippen LogP contribution < -0.4 is 10.7 Å². The van der Waals surface area contributed by atoms with Crippen LogP contribution in [-0.2, 0) is 11.3 Å². The number of hydrogen-bond donors (Lipinski definition) is 1. The van der Waals surface area contributed by atoms with E-state index in [4.69, 9.17) is 0 Å². The third kappa shape index (κ3) is 3.26. The molecule has 0 radical (unpaired) electrons. The van der Waals surface area contributed by atoms with E-state index >= 15 is 0 Å². The van der Waals surface area contributed by atoms with Crippen molar-refractivity contribution < 1.29 is 4.79 Å². The quantitative estimate of drug-likeness (QED) is 0.480. The van der Waals surface area contributed by atoms with Gasteiger partial charge in [-0.05, 0) is 59.3 Å². The molecule has 0 aliphatic carbocycles. The Labute approximate surface area is 164 Å². The Balaban J connectivity index is 1.84. The molecule has 1 N–H and O–H groups in total. The standard InChI is InChI=1S/C22H17BrN2O2/c1-14-10-11-20-16(12-14)22(27)15-6-2-5-9-19(15)25(20)13-21(26)24-18-8-4-3-7-17(18)23/h2-12H,13H2,1H3,(H,24,26). The van der Waals surface area contributed by atoms with Crippen LogP contribution in [0.5, 0.6) is 0 Å². The molecular formula is C22H17BrN2O2. The molecule has 3 aromatic carbocycles. The third-order valence-electron chi connectivity index (χ3n) is 4.58. The lowest BCUT2D eigenvalue weighted by Gasteiger charge is -2.16. The van der Waals surface area contributed by atoms with E-state index in [9.17, 15) is 9.59 Å². The lowest BCUT2D eigenvalue weighted by molar-refractivity contribution is -0.116. The summed E-state index contributed by atoms with van der Waals surface area (Å²) in [5, 5.41) is 4.17. The zero-order chi connectivity index (χ0) is 19.0. The number of benzene rings is 3. The number of nitrogens with one attached hydrogen (secondary N) is 1. The molecule has 0 aliphatic rings. The smallest absolute Gasteiger partial charge is 0.244 e. The van der Waals surface area contributed by atoms with Gasteiger partial charge < -0.3 is 9.88 Å². The van der Waals surface area contributed by atoms with E-state index in [0.717, 1.165) is 21.1 Å². The monoisotopic (exact) mass is 420 g/mol. The van der Waals surface area contributed by atoms with Crippen LogP contribution in [0, 0.1) is 6.92 Å². The van der Waals surface area contributed by atoms with Crippen molar-refractivity contribution in [3.63, 3.8) is 0 Å². The van der Waals surface area contributed by atoms with Gasteiger partial charge in [0.1, 0.15) is 6.54 Å². The average molecular weight is 421 g/mol. The van der Waals surface area contributed by atoms with E-state index in [-0.39, 0.29) is 17.9 Å². The number of fused-ring (bicyclic) bond motifs is 2. The molecule has 0 aliphatic heterocycles. The number of carbonyl (C=O) groups is 1. The number of para-hydroxylation sites is 2. The van der Waals surface area contributed by atoms with E-state index < -0.39 is 0 Å². The molecule has 0 spiro atoms. The topological polar surface area (TPSA) is 51.1 Å². The van der Waals surface area contributed by atoms with E-state index in [1.807, 2.05) is 78.2 Å². The van der Waals surface area contributed by atoms with E-state index in [2.05, 4.69) is 21.2 Å². The Morgan fingerprint density at radius 3 is 2.48 bits per heavy atom. The Morgan fingerprint density at radius 1 is 0.963 bits per heavy atom. The Bertz CT molecular complexity index is 1240. The number of carbonyl (C=O) groups excluding carboxylic acids is 1. The summed E-state index contributed by atoms with van der Waals surface area (Å²) in [6, 6.07) is 20.6. The predicted octanol–water partition coefficient (Wildman–Crippen LogP) is 4.86. The van der Waals surface area contributed by atoms with Crippen molar-refractivity contribution in [2.24, 2.45) is 0 Å². The number of halogens is 1. The van der Waals surface area contributed by atoms with Gasteiger partial charge >= 0.3 is 0 Å². The summed E-state index contributed by atoms with van der Waals surface area (Å²) in [6.07, 6.45) is 0. The normalized spacial score (nSPS) is 11.0. The maximum atomic E-state index is 12.9. The fourth-order valence-corrected chi connectivity index (χ4v) is 3.69. The van der Waals surface area contributed by atoms with Gasteiger partial charge in [-0.25, -0.2) is 0 Å². The first-order valence-corrected chi connectivity index (χ1v) is 9.40. The molecule has 27 heavy (non-hydrogen) atoms. The number of hydrogen-bond acceptors (Lipinski definition) is 2. The van der Waals surface area contributed by atoms with Gasteiger partial charge in [0.2, 0.25) is 5.91 Å². The number of rotatable bonds is 3. The predicted molar refractivity (Wildman–Crippen MR) is 113 cm³/mol. The van der Waals surface area contributed by atoms with Crippen molar-refractivity contribution in [3.05, 3.63) is 87.0 Å². The van der Waals surface area contributed by atoms with Crippen LogP contribution in [0.4, 0.5) is 5.69 Å². The van der Waals surface area contributed by atoms with Crippen LogP contribution in [0.2, 0.25) is 0 Å². The summed E-state index contributed by atoms with van der Waals surface area (Å²) in [5.41, 5.74) is 3.23. The fraction of sp³-hybridized carbons (Fsp3) is 0.0909. The molecule has 4 nitrogen and oxygen atoms in total. The van der Waals surface area contributed by atoms with Gasteiger partial charge in [0.15, 0.2) is 5.43 Å². The Morgan fingerprint density at radius 2 is 1.67 bits per heavy atom. The zero-order valence-corrected chi connectivity index (χ0v) is 16.3. The second-order valence-corrected chi connectivity index (χ2v) is 7.34. The lowest BCUT2D eigenvalue weighted by Crippen LogP contribution is -2.21. The second-order valence-electron chi connectivity index (χ2n) is 6.48. The number of amides is 1. The van der Waals surface area contributed by atoms with Gasteiger partial charge in [0, 0.05) is 15.2 Å². The lowest BCUT2D eigenvalue weighted by atomic mass is 10.1. The molecule has 4 rings (SSSR count).